The molecule has 3 rings (SSSR count). The van der Waals surface area contributed by atoms with Crippen molar-refractivity contribution in [3.05, 3.63) is 62.9 Å². The molecule has 1 nitrogen and oxygen atoms in total. The highest BCUT2D eigenvalue weighted by Crippen LogP contribution is 2.28. The highest BCUT2D eigenvalue weighted by atomic mass is 32.1. The Kier molecular flexibility index (Phi) is 2.45. The minimum Gasteiger partial charge on any atom is -0.289 e. The van der Waals surface area contributed by atoms with Gasteiger partial charge in [0.1, 0.15) is 0 Å². The summed E-state index contributed by atoms with van der Waals surface area (Å²) >= 11 is 1.73. The van der Waals surface area contributed by atoms with Crippen molar-refractivity contribution in [3.8, 4) is 0 Å². The SMILES string of the molecule is Cc1ccc(C=C2Cc3ccccc3C2=O)s1. The summed E-state index contributed by atoms with van der Waals surface area (Å²) in [6.45, 7) is 2.08. The number of thiophene rings is 1. The van der Waals surface area contributed by atoms with Gasteiger partial charge in [-0.1, -0.05) is 24.3 Å². The maximum absolute atomic E-state index is 12.1. The van der Waals surface area contributed by atoms with Gasteiger partial charge in [-0.05, 0) is 30.7 Å². The average molecular weight is 240 g/mol. The first-order chi connectivity index (χ1) is 8.24. The maximum atomic E-state index is 12.1. The van der Waals surface area contributed by atoms with Crippen molar-refractivity contribution in [3.63, 3.8) is 0 Å². The summed E-state index contributed by atoms with van der Waals surface area (Å²) < 4.78 is 0. The quantitative estimate of drug-likeness (QED) is 0.691. The number of benzene rings is 1. The molecular weight excluding hydrogens is 228 g/mol. The van der Waals surface area contributed by atoms with Crippen LogP contribution in [0.5, 0.6) is 0 Å². The lowest BCUT2D eigenvalue weighted by atomic mass is 10.1. The lowest BCUT2D eigenvalue weighted by Gasteiger charge is -1.92. The normalized spacial score (nSPS) is 16.5. The van der Waals surface area contributed by atoms with Crippen LogP contribution < -0.4 is 0 Å². The molecule has 0 atom stereocenters. The van der Waals surface area contributed by atoms with E-state index in [9.17, 15) is 4.79 Å². The third-order valence-corrected chi connectivity index (χ3v) is 3.96. The van der Waals surface area contributed by atoms with E-state index in [0.29, 0.717) is 0 Å². The summed E-state index contributed by atoms with van der Waals surface area (Å²) in [5, 5.41) is 0. The minimum atomic E-state index is 0.187. The Morgan fingerprint density at radius 1 is 1.18 bits per heavy atom. The number of aryl methyl sites for hydroxylation is 1. The van der Waals surface area contributed by atoms with Gasteiger partial charge in [0.15, 0.2) is 5.78 Å². The van der Waals surface area contributed by atoms with Crippen LogP contribution >= 0.6 is 11.3 Å². The molecule has 0 unspecified atom stereocenters. The Hall–Kier alpha value is -1.67. The number of Topliss-reactive ketones (excluding diaryl/α,β-unsaturated/α-hetero) is 1. The first kappa shape index (κ1) is 10.5. The molecule has 17 heavy (non-hydrogen) atoms. The summed E-state index contributed by atoms with van der Waals surface area (Å²) in [7, 11) is 0. The van der Waals surface area contributed by atoms with Gasteiger partial charge in [-0.15, -0.1) is 11.3 Å². The topological polar surface area (TPSA) is 17.1 Å². The van der Waals surface area contributed by atoms with Gasteiger partial charge in [0.25, 0.3) is 0 Å². The number of rotatable bonds is 1. The number of carbonyl (C=O) groups excluding carboxylic acids is 1. The van der Waals surface area contributed by atoms with Crippen molar-refractivity contribution in [1.82, 2.24) is 0 Å². The van der Waals surface area contributed by atoms with Gasteiger partial charge < -0.3 is 0 Å². The number of allylic oxidation sites excluding steroid dienone is 1. The lowest BCUT2D eigenvalue weighted by Crippen LogP contribution is -1.94. The van der Waals surface area contributed by atoms with Gasteiger partial charge >= 0.3 is 0 Å². The molecule has 1 aliphatic carbocycles. The second-order valence-electron chi connectivity index (χ2n) is 4.28. The second kappa shape index (κ2) is 3.97. The van der Waals surface area contributed by atoms with Crippen molar-refractivity contribution in [2.24, 2.45) is 0 Å². The zero-order valence-corrected chi connectivity index (χ0v) is 10.4. The van der Waals surface area contributed by atoms with Gasteiger partial charge in [-0.3, -0.25) is 4.79 Å². The van der Waals surface area contributed by atoms with Gasteiger partial charge in [0.05, 0.1) is 0 Å². The molecule has 0 bridgehead atoms. The Morgan fingerprint density at radius 3 is 2.71 bits per heavy atom. The Balaban J connectivity index is 1.99. The predicted molar refractivity (Wildman–Crippen MR) is 71.5 cm³/mol. The zero-order valence-electron chi connectivity index (χ0n) is 9.57. The maximum Gasteiger partial charge on any atom is 0.189 e. The molecule has 2 heteroatoms. The number of fused-ring (bicyclic) bond motifs is 1. The van der Waals surface area contributed by atoms with E-state index in [1.807, 2.05) is 30.3 Å². The molecule has 1 aromatic heterocycles. The van der Waals surface area contributed by atoms with Crippen LogP contribution in [0.25, 0.3) is 6.08 Å². The van der Waals surface area contributed by atoms with Gasteiger partial charge in [0, 0.05) is 27.3 Å². The molecule has 0 spiro atoms. The van der Waals surface area contributed by atoms with E-state index < -0.39 is 0 Å². The van der Waals surface area contributed by atoms with E-state index >= 15 is 0 Å². The monoisotopic (exact) mass is 240 g/mol. The molecule has 0 radical (unpaired) electrons. The largest absolute Gasteiger partial charge is 0.289 e. The predicted octanol–water partition coefficient (Wildman–Crippen LogP) is 3.88. The molecule has 1 heterocycles. The van der Waals surface area contributed by atoms with E-state index in [2.05, 4.69) is 19.1 Å². The van der Waals surface area contributed by atoms with Crippen LogP contribution in [0.3, 0.4) is 0 Å². The van der Waals surface area contributed by atoms with E-state index in [0.717, 1.165) is 23.1 Å². The molecular formula is C15H12OS. The van der Waals surface area contributed by atoms with Crippen LogP contribution in [0.2, 0.25) is 0 Å². The van der Waals surface area contributed by atoms with Crippen LogP contribution in [0.15, 0.2) is 42.0 Å². The second-order valence-corrected chi connectivity index (χ2v) is 5.60. The van der Waals surface area contributed by atoms with Crippen LogP contribution in [-0.2, 0) is 6.42 Å². The van der Waals surface area contributed by atoms with Crippen LogP contribution in [0, 0.1) is 6.92 Å². The number of hydrogen-bond donors (Lipinski definition) is 0. The first-order valence-corrected chi connectivity index (χ1v) is 6.45. The smallest absolute Gasteiger partial charge is 0.189 e. The third kappa shape index (κ3) is 1.85. The summed E-state index contributed by atoms with van der Waals surface area (Å²) in [6, 6.07) is 12.0. The Labute approximate surface area is 104 Å². The highest BCUT2D eigenvalue weighted by molar-refractivity contribution is 7.12. The fourth-order valence-corrected chi connectivity index (χ4v) is 3.02. The number of carbonyl (C=O) groups is 1. The van der Waals surface area contributed by atoms with Gasteiger partial charge in [0.2, 0.25) is 0 Å². The van der Waals surface area contributed by atoms with Gasteiger partial charge in [-0.2, -0.15) is 0 Å². The molecule has 0 N–H and O–H groups in total. The van der Waals surface area contributed by atoms with E-state index in [-0.39, 0.29) is 5.78 Å². The first-order valence-electron chi connectivity index (χ1n) is 5.63. The standard InChI is InChI=1S/C15H12OS/c1-10-6-7-13(17-10)9-12-8-11-4-2-3-5-14(11)15(12)16/h2-7,9H,8H2,1H3. The van der Waals surface area contributed by atoms with Crippen molar-refractivity contribution in [2.75, 3.05) is 0 Å². The molecule has 0 aliphatic heterocycles. The summed E-state index contributed by atoms with van der Waals surface area (Å²) in [5.41, 5.74) is 2.93. The van der Waals surface area contributed by atoms with Crippen molar-refractivity contribution >= 4 is 23.2 Å². The van der Waals surface area contributed by atoms with Crippen molar-refractivity contribution in [1.29, 1.82) is 0 Å². The van der Waals surface area contributed by atoms with Crippen molar-refractivity contribution < 1.29 is 4.79 Å². The molecule has 2 aromatic rings. The Morgan fingerprint density at radius 2 is 2.00 bits per heavy atom. The molecule has 0 fully saturated rings. The summed E-state index contributed by atoms with van der Waals surface area (Å²) in [6.07, 6.45) is 2.80. The van der Waals surface area contributed by atoms with Crippen molar-refractivity contribution in [2.45, 2.75) is 13.3 Å². The van der Waals surface area contributed by atoms with Crippen LogP contribution in [0.1, 0.15) is 25.7 Å². The fourth-order valence-electron chi connectivity index (χ4n) is 2.17. The van der Waals surface area contributed by atoms with Gasteiger partial charge in [-0.25, -0.2) is 0 Å². The van der Waals surface area contributed by atoms with E-state index in [1.54, 1.807) is 11.3 Å². The molecule has 0 saturated carbocycles. The molecule has 1 aliphatic rings. The number of ketones is 1. The highest BCUT2D eigenvalue weighted by Gasteiger charge is 2.23. The lowest BCUT2D eigenvalue weighted by molar-refractivity contribution is 0.104. The summed E-state index contributed by atoms with van der Waals surface area (Å²) in [5.74, 6) is 0.187. The molecule has 0 saturated heterocycles. The molecule has 0 amide bonds. The molecule has 1 aromatic carbocycles. The van der Waals surface area contributed by atoms with Crippen LogP contribution in [-0.4, -0.2) is 5.78 Å². The number of hydrogen-bond acceptors (Lipinski definition) is 2. The third-order valence-electron chi connectivity index (χ3n) is 3.01. The summed E-state index contributed by atoms with van der Waals surface area (Å²) in [4.78, 5) is 14.6. The molecule has 84 valence electrons. The zero-order chi connectivity index (χ0) is 11.8. The average Bonchev–Trinajstić information content (AvgIpc) is 2.86. The van der Waals surface area contributed by atoms with E-state index in [1.165, 1.54) is 9.75 Å². The fraction of sp³-hybridized carbons (Fsp3) is 0.133. The van der Waals surface area contributed by atoms with Crippen LogP contribution in [0.4, 0.5) is 0 Å². The Bertz CT molecular complexity index is 619. The van der Waals surface area contributed by atoms with E-state index in [4.69, 9.17) is 0 Å². The minimum absolute atomic E-state index is 0.187.